The Morgan fingerprint density at radius 3 is 2.56 bits per heavy atom. The average Bonchev–Trinajstić information content (AvgIpc) is 2.89. The molecule has 0 saturated heterocycles. The fourth-order valence-electron chi connectivity index (χ4n) is 2.25. The minimum absolute atomic E-state index is 0.333. The number of hydrogen-bond donors (Lipinski definition) is 2. The Hall–Kier alpha value is -2.64. The third-order valence-corrected chi connectivity index (χ3v) is 3.85. The molecule has 2 amide bonds. The van der Waals surface area contributed by atoms with Crippen molar-refractivity contribution < 1.29 is 4.79 Å². The first-order valence-electron chi connectivity index (χ1n) is 7.31. The van der Waals surface area contributed by atoms with E-state index in [2.05, 4.69) is 25.7 Å². The van der Waals surface area contributed by atoms with Crippen molar-refractivity contribution in [2.24, 2.45) is 0 Å². The Labute approximate surface area is 154 Å². The van der Waals surface area contributed by atoms with E-state index in [0.717, 1.165) is 11.4 Å². The van der Waals surface area contributed by atoms with Crippen LogP contribution in [0.4, 0.5) is 16.3 Å². The number of anilines is 2. The summed E-state index contributed by atoms with van der Waals surface area (Å²) in [5, 5.41) is 10.5. The number of urea groups is 1. The molecular formula is C16H14Cl2N6O. The van der Waals surface area contributed by atoms with Gasteiger partial charge in [-0.15, -0.1) is 0 Å². The van der Waals surface area contributed by atoms with Crippen LogP contribution < -0.4 is 10.6 Å². The molecule has 2 N–H and O–H groups in total. The number of carbonyl (C=O) groups is 1. The van der Waals surface area contributed by atoms with Crippen LogP contribution in [-0.4, -0.2) is 25.8 Å². The summed E-state index contributed by atoms with van der Waals surface area (Å²) >= 11 is 11.9. The van der Waals surface area contributed by atoms with Gasteiger partial charge in [0.25, 0.3) is 0 Å². The highest BCUT2D eigenvalue weighted by molar-refractivity contribution is 6.36. The van der Waals surface area contributed by atoms with Crippen LogP contribution in [0.5, 0.6) is 0 Å². The molecule has 3 rings (SSSR count). The van der Waals surface area contributed by atoms with Crippen LogP contribution in [0.2, 0.25) is 10.0 Å². The normalized spacial score (nSPS) is 10.6. The lowest BCUT2D eigenvalue weighted by Crippen LogP contribution is -2.20. The molecule has 9 heteroatoms. The predicted molar refractivity (Wildman–Crippen MR) is 97.7 cm³/mol. The molecule has 0 aliphatic heterocycles. The van der Waals surface area contributed by atoms with E-state index >= 15 is 0 Å². The summed E-state index contributed by atoms with van der Waals surface area (Å²) < 4.78 is 1.68. The summed E-state index contributed by atoms with van der Waals surface area (Å²) in [6.07, 6.45) is 1.36. The van der Waals surface area contributed by atoms with Crippen molar-refractivity contribution in [2.45, 2.75) is 13.8 Å². The molecule has 0 bridgehead atoms. The van der Waals surface area contributed by atoms with E-state index in [1.165, 1.54) is 6.33 Å². The number of amides is 2. The minimum Gasteiger partial charge on any atom is -0.306 e. The van der Waals surface area contributed by atoms with Crippen molar-refractivity contribution in [3.63, 3.8) is 0 Å². The number of nitrogens with zero attached hydrogens (tertiary/aromatic N) is 4. The van der Waals surface area contributed by atoms with Crippen LogP contribution in [-0.2, 0) is 0 Å². The summed E-state index contributed by atoms with van der Waals surface area (Å²) in [4.78, 5) is 20.4. The van der Waals surface area contributed by atoms with Crippen molar-refractivity contribution in [3.8, 4) is 5.82 Å². The second-order valence-corrected chi connectivity index (χ2v) is 6.15. The number of hydrogen-bond acceptors (Lipinski definition) is 4. The van der Waals surface area contributed by atoms with Crippen LogP contribution in [0.3, 0.4) is 0 Å². The molecule has 2 aromatic heterocycles. The largest absolute Gasteiger partial charge is 0.324 e. The van der Waals surface area contributed by atoms with E-state index in [1.54, 1.807) is 28.9 Å². The maximum Gasteiger partial charge on any atom is 0.324 e. The standard InChI is InChI=1S/C16H14Cl2N6O/c1-9-5-10(2)24(23-9)15-7-14(19-8-20-15)22-16(25)21-13-4-3-11(17)6-12(13)18/h3-8H,1-2H3,(H2,19,20,21,22,25). The lowest BCUT2D eigenvalue weighted by atomic mass is 10.3. The zero-order valence-corrected chi connectivity index (χ0v) is 14.9. The lowest BCUT2D eigenvalue weighted by Gasteiger charge is -2.09. The second-order valence-electron chi connectivity index (χ2n) is 5.30. The Balaban J connectivity index is 1.75. The summed E-state index contributed by atoms with van der Waals surface area (Å²) in [6.45, 7) is 3.82. The maximum absolute atomic E-state index is 12.1. The maximum atomic E-state index is 12.1. The van der Waals surface area contributed by atoms with E-state index < -0.39 is 6.03 Å². The summed E-state index contributed by atoms with van der Waals surface area (Å²) in [5.41, 5.74) is 2.25. The number of rotatable bonds is 3. The van der Waals surface area contributed by atoms with Crippen LogP contribution >= 0.6 is 23.2 Å². The molecule has 0 atom stereocenters. The van der Waals surface area contributed by atoms with E-state index in [0.29, 0.717) is 27.4 Å². The van der Waals surface area contributed by atoms with E-state index in [4.69, 9.17) is 23.2 Å². The van der Waals surface area contributed by atoms with Gasteiger partial charge in [-0.05, 0) is 38.1 Å². The highest BCUT2D eigenvalue weighted by Crippen LogP contribution is 2.25. The van der Waals surface area contributed by atoms with Gasteiger partial charge in [0, 0.05) is 16.8 Å². The first-order chi connectivity index (χ1) is 11.9. The molecule has 0 saturated carbocycles. The van der Waals surface area contributed by atoms with Gasteiger partial charge in [0.1, 0.15) is 12.1 Å². The number of carbonyl (C=O) groups excluding carboxylic acids is 1. The monoisotopic (exact) mass is 376 g/mol. The van der Waals surface area contributed by atoms with Gasteiger partial charge in [0.05, 0.1) is 16.4 Å². The Kier molecular flexibility index (Phi) is 4.87. The zero-order valence-electron chi connectivity index (χ0n) is 13.4. The molecule has 7 nitrogen and oxygen atoms in total. The molecule has 25 heavy (non-hydrogen) atoms. The Morgan fingerprint density at radius 2 is 1.88 bits per heavy atom. The third-order valence-electron chi connectivity index (χ3n) is 3.30. The number of nitrogens with one attached hydrogen (secondary N) is 2. The van der Waals surface area contributed by atoms with Gasteiger partial charge in [0.15, 0.2) is 5.82 Å². The van der Waals surface area contributed by atoms with Gasteiger partial charge in [-0.25, -0.2) is 19.4 Å². The molecule has 1 aromatic carbocycles. The van der Waals surface area contributed by atoms with Crippen molar-refractivity contribution in [2.75, 3.05) is 10.6 Å². The van der Waals surface area contributed by atoms with Crippen LogP contribution in [0.1, 0.15) is 11.4 Å². The van der Waals surface area contributed by atoms with Crippen LogP contribution in [0, 0.1) is 13.8 Å². The SMILES string of the molecule is Cc1cc(C)n(-c2cc(NC(=O)Nc3ccc(Cl)cc3Cl)ncn2)n1. The molecule has 128 valence electrons. The predicted octanol–water partition coefficient (Wildman–Crippen LogP) is 4.23. The van der Waals surface area contributed by atoms with Crippen LogP contribution in [0.25, 0.3) is 5.82 Å². The first-order valence-corrected chi connectivity index (χ1v) is 8.07. The molecule has 0 aliphatic rings. The fraction of sp³-hybridized carbons (Fsp3) is 0.125. The number of aryl methyl sites for hydroxylation is 2. The second kappa shape index (κ2) is 7.08. The van der Waals surface area contributed by atoms with Crippen molar-refractivity contribution in [1.82, 2.24) is 19.7 Å². The van der Waals surface area contributed by atoms with Gasteiger partial charge in [0.2, 0.25) is 0 Å². The fourth-order valence-corrected chi connectivity index (χ4v) is 2.71. The van der Waals surface area contributed by atoms with E-state index in [1.807, 2.05) is 19.9 Å². The minimum atomic E-state index is -0.484. The van der Waals surface area contributed by atoms with Crippen molar-refractivity contribution >= 4 is 40.7 Å². The van der Waals surface area contributed by atoms with Crippen LogP contribution in [0.15, 0.2) is 36.7 Å². The number of halogens is 2. The average molecular weight is 377 g/mol. The van der Waals surface area contributed by atoms with Gasteiger partial charge in [-0.2, -0.15) is 5.10 Å². The molecule has 0 fully saturated rings. The molecule has 0 aliphatic carbocycles. The van der Waals surface area contributed by atoms with Gasteiger partial charge in [-0.1, -0.05) is 23.2 Å². The molecule has 2 heterocycles. The summed E-state index contributed by atoms with van der Waals surface area (Å²) in [7, 11) is 0. The molecule has 0 unspecified atom stereocenters. The first kappa shape index (κ1) is 17.2. The number of benzene rings is 1. The molecule has 3 aromatic rings. The van der Waals surface area contributed by atoms with Crippen molar-refractivity contribution in [1.29, 1.82) is 0 Å². The summed E-state index contributed by atoms with van der Waals surface area (Å²) in [6, 6.07) is 7.87. The van der Waals surface area contributed by atoms with Gasteiger partial charge < -0.3 is 5.32 Å². The smallest absolute Gasteiger partial charge is 0.306 e. The molecule has 0 radical (unpaired) electrons. The highest BCUT2D eigenvalue weighted by Gasteiger charge is 2.10. The summed E-state index contributed by atoms with van der Waals surface area (Å²) in [5.74, 6) is 0.889. The van der Waals surface area contributed by atoms with E-state index in [-0.39, 0.29) is 0 Å². The Bertz CT molecular complexity index is 940. The zero-order chi connectivity index (χ0) is 18.0. The topological polar surface area (TPSA) is 84.7 Å². The quantitative estimate of drug-likeness (QED) is 0.715. The third kappa shape index (κ3) is 4.07. The molecule has 0 spiro atoms. The number of aromatic nitrogens is 4. The molecular weight excluding hydrogens is 363 g/mol. The van der Waals surface area contributed by atoms with Gasteiger partial charge >= 0.3 is 6.03 Å². The highest BCUT2D eigenvalue weighted by atomic mass is 35.5. The lowest BCUT2D eigenvalue weighted by molar-refractivity contribution is 0.262. The van der Waals surface area contributed by atoms with Crippen molar-refractivity contribution in [3.05, 3.63) is 58.1 Å². The Morgan fingerprint density at radius 1 is 1.08 bits per heavy atom. The van der Waals surface area contributed by atoms with E-state index in [9.17, 15) is 4.79 Å². The van der Waals surface area contributed by atoms with Gasteiger partial charge in [-0.3, -0.25) is 5.32 Å².